The molecule has 0 aromatic heterocycles. The van der Waals surface area contributed by atoms with Gasteiger partial charge in [-0.15, -0.1) is 0 Å². The fraction of sp³-hybridized carbons (Fsp3) is 0.440. The van der Waals surface area contributed by atoms with Crippen molar-refractivity contribution in [1.29, 1.82) is 0 Å². The monoisotopic (exact) mass is 425 g/mol. The van der Waals surface area contributed by atoms with E-state index < -0.39 is 0 Å². The summed E-state index contributed by atoms with van der Waals surface area (Å²) in [5.74, 6) is 0.561. The molecule has 6 heteroatoms. The Morgan fingerprint density at radius 2 is 1.71 bits per heavy atom. The number of carbonyl (C=O) groups excluding carboxylic acids is 2. The maximum Gasteiger partial charge on any atom is 0.253 e. The minimum atomic E-state index is -0.278. The Morgan fingerprint density at radius 3 is 2.39 bits per heavy atom. The number of anilines is 1. The highest BCUT2D eigenvalue weighted by atomic mass is 19.1. The molecule has 0 radical (unpaired) electrons. The molecule has 1 saturated heterocycles. The van der Waals surface area contributed by atoms with E-state index in [1.165, 1.54) is 6.07 Å². The molecule has 1 aliphatic rings. The summed E-state index contributed by atoms with van der Waals surface area (Å²) < 4.78 is 13.6. The van der Waals surface area contributed by atoms with Gasteiger partial charge in [0.2, 0.25) is 5.91 Å². The molecule has 2 atom stereocenters. The highest BCUT2D eigenvalue weighted by Gasteiger charge is 2.26. The lowest BCUT2D eigenvalue weighted by Gasteiger charge is -2.35. The van der Waals surface area contributed by atoms with E-state index in [-0.39, 0.29) is 30.7 Å². The van der Waals surface area contributed by atoms with Gasteiger partial charge in [0.1, 0.15) is 5.82 Å². The van der Waals surface area contributed by atoms with Crippen LogP contribution in [0, 0.1) is 31.5 Å². The van der Waals surface area contributed by atoms with Crippen molar-refractivity contribution in [2.45, 2.75) is 40.7 Å². The minimum Gasteiger partial charge on any atom is -0.376 e. The summed E-state index contributed by atoms with van der Waals surface area (Å²) in [5.41, 5.74) is 3.65. The first-order chi connectivity index (χ1) is 14.7. The van der Waals surface area contributed by atoms with Gasteiger partial charge in [-0.05, 0) is 67.0 Å². The van der Waals surface area contributed by atoms with Gasteiger partial charge < -0.3 is 15.5 Å². The van der Waals surface area contributed by atoms with E-state index in [9.17, 15) is 14.0 Å². The maximum absolute atomic E-state index is 13.6. The second-order valence-electron chi connectivity index (χ2n) is 8.90. The Bertz CT molecular complexity index is 950. The number of likely N-dealkylation sites (tertiary alicyclic amines) is 1. The molecular weight excluding hydrogens is 393 g/mol. The number of nitrogens with zero attached hydrogens (tertiary/aromatic N) is 1. The lowest BCUT2D eigenvalue weighted by Crippen LogP contribution is -2.42. The third-order valence-electron chi connectivity index (χ3n) is 5.81. The lowest BCUT2D eigenvalue weighted by molar-refractivity contribution is -0.119. The predicted octanol–water partition coefficient (Wildman–Crippen LogP) is 4.29. The molecule has 1 fully saturated rings. The summed E-state index contributed by atoms with van der Waals surface area (Å²) in [6.45, 7) is 9.90. The number of carbonyl (C=O) groups is 2. The molecule has 1 aliphatic heterocycles. The van der Waals surface area contributed by atoms with Crippen molar-refractivity contribution in [3.05, 3.63) is 64.5 Å². The summed E-state index contributed by atoms with van der Waals surface area (Å²) in [4.78, 5) is 27.2. The molecule has 2 N–H and O–H groups in total. The molecule has 1 heterocycles. The number of benzene rings is 2. The molecule has 2 amide bonds. The van der Waals surface area contributed by atoms with Crippen molar-refractivity contribution in [3.63, 3.8) is 0 Å². The van der Waals surface area contributed by atoms with Gasteiger partial charge in [-0.1, -0.05) is 32.0 Å². The summed E-state index contributed by atoms with van der Waals surface area (Å²) in [5, 5.41) is 5.92. The van der Waals surface area contributed by atoms with Crippen molar-refractivity contribution in [2.24, 2.45) is 11.8 Å². The first-order valence-electron chi connectivity index (χ1n) is 10.9. The summed E-state index contributed by atoms with van der Waals surface area (Å²) in [6.07, 6.45) is 1.15. The van der Waals surface area contributed by atoms with Crippen molar-refractivity contribution in [2.75, 3.05) is 25.0 Å². The van der Waals surface area contributed by atoms with Gasteiger partial charge >= 0.3 is 0 Å². The molecule has 0 saturated carbocycles. The van der Waals surface area contributed by atoms with Crippen molar-refractivity contribution >= 4 is 17.5 Å². The summed E-state index contributed by atoms with van der Waals surface area (Å²) in [7, 11) is 0. The normalized spacial score (nSPS) is 18.5. The summed E-state index contributed by atoms with van der Waals surface area (Å²) in [6, 6.07) is 10.5. The standard InChI is InChI=1S/C25H32FN3O2/c1-16-9-17(2)15-29(14-16)25(31)21-8-6-19(4)23(11-21)27-13-24(30)28-12-20-7-5-18(3)22(26)10-20/h5-8,10-11,16-17,27H,9,12-15H2,1-4H3,(H,28,30). The molecule has 0 spiro atoms. The van der Waals surface area contributed by atoms with Crippen LogP contribution in [0.2, 0.25) is 0 Å². The van der Waals surface area contributed by atoms with Crippen LogP contribution in [-0.4, -0.2) is 36.3 Å². The van der Waals surface area contributed by atoms with E-state index >= 15 is 0 Å². The van der Waals surface area contributed by atoms with Crippen LogP contribution in [0.25, 0.3) is 0 Å². The van der Waals surface area contributed by atoms with Crippen LogP contribution < -0.4 is 10.6 Å². The molecule has 2 aromatic rings. The van der Waals surface area contributed by atoms with Gasteiger partial charge in [-0.25, -0.2) is 4.39 Å². The molecule has 0 aliphatic carbocycles. The van der Waals surface area contributed by atoms with Gasteiger partial charge in [-0.3, -0.25) is 9.59 Å². The van der Waals surface area contributed by atoms with Gasteiger partial charge in [0, 0.05) is 30.9 Å². The number of hydrogen-bond acceptors (Lipinski definition) is 3. The number of hydrogen-bond donors (Lipinski definition) is 2. The molecule has 3 rings (SSSR count). The molecule has 0 bridgehead atoms. The summed E-state index contributed by atoms with van der Waals surface area (Å²) >= 11 is 0. The largest absolute Gasteiger partial charge is 0.376 e. The lowest BCUT2D eigenvalue weighted by atomic mass is 9.91. The fourth-order valence-corrected chi connectivity index (χ4v) is 4.14. The van der Waals surface area contributed by atoms with Gasteiger partial charge in [0.15, 0.2) is 0 Å². The smallest absolute Gasteiger partial charge is 0.253 e. The zero-order valence-electron chi connectivity index (χ0n) is 18.8. The Kier molecular flexibility index (Phi) is 7.31. The van der Waals surface area contributed by atoms with Crippen molar-refractivity contribution < 1.29 is 14.0 Å². The number of aryl methyl sites for hydroxylation is 2. The predicted molar refractivity (Wildman–Crippen MR) is 122 cm³/mol. The van der Waals surface area contributed by atoms with E-state index in [0.717, 1.165) is 30.8 Å². The average molecular weight is 426 g/mol. The quantitative estimate of drug-likeness (QED) is 0.726. The highest BCUT2D eigenvalue weighted by Crippen LogP contribution is 2.24. The Hall–Kier alpha value is -2.89. The minimum absolute atomic E-state index is 0.0345. The van der Waals surface area contributed by atoms with Crippen molar-refractivity contribution in [1.82, 2.24) is 10.2 Å². The number of rotatable bonds is 6. The Balaban J connectivity index is 1.58. The van der Waals surface area contributed by atoms with E-state index in [1.807, 2.05) is 30.0 Å². The van der Waals surface area contributed by atoms with Gasteiger partial charge in [-0.2, -0.15) is 0 Å². The van der Waals surface area contributed by atoms with E-state index in [0.29, 0.717) is 28.5 Å². The van der Waals surface area contributed by atoms with Gasteiger partial charge in [0.25, 0.3) is 5.91 Å². The number of halogens is 1. The maximum atomic E-state index is 13.6. The van der Waals surface area contributed by atoms with Gasteiger partial charge in [0.05, 0.1) is 6.54 Å². The number of piperidine rings is 1. The number of nitrogens with one attached hydrogen (secondary N) is 2. The van der Waals surface area contributed by atoms with Crippen LogP contribution in [0.3, 0.4) is 0 Å². The second-order valence-corrected chi connectivity index (χ2v) is 8.90. The Labute approximate surface area is 184 Å². The first kappa shape index (κ1) is 22.8. The fourth-order valence-electron chi connectivity index (χ4n) is 4.14. The zero-order valence-corrected chi connectivity index (χ0v) is 18.8. The second kappa shape index (κ2) is 9.94. The molecule has 2 unspecified atom stereocenters. The van der Waals surface area contributed by atoms with E-state index in [2.05, 4.69) is 24.5 Å². The van der Waals surface area contributed by atoms with Crippen molar-refractivity contribution in [3.8, 4) is 0 Å². The molecule has 166 valence electrons. The molecule has 31 heavy (non-hydrogen) atoms. The Morgan fingerprint density at radius 1 is 1.03 bits per heavy atom. The third kappa shape index (κ3) is 6.06. The molecule has 5 nitrogen and oxygen atoms in total. The van der Waals surface area contributed by atoms with Crippen LogP contribution in [0.15, 0.2) is 36.4 Å². The molecule has 2 aromatic carbocycles. The van der Waals surface area contributed by atoms with Crippen LogP contribution in [0.1, 0.15) is 47.3 Å². The third-order valence-corrected chi connectivity index (χ3v) is 5.81. The highest BCUT2D eigenvalue weighted by molar-refractivity contribution is 5.95. The van der Waals surface area contributed by atoms with E-state index in [4.69, 9.17) is 0 Å². The van der Waals surface area contributed by atoms with Crippen LogP contribution in [0.4, 0.5) is 10.1 Å². The average Bonchev–Trinajstić information content (AvgIpc) is 2.72. The first-order valence-corrected chi connectivity index (χ1v) is 10.9. The van der Waals surface area contributed by atoms with Crippen LogP contribution in [0.5, 0.6) is 0 Å². The number of amides is 2. The van der Waals surface area contributed by atoms with Crippen LogP contribution in [-0.2, 0) is 11.3 Å². The zero-order chi connectivity index (χ0) is 22.5. The van der Waals surface area contributed by atoms with Crippen LogP contribution >= 0.6 is 0 Å². The van der Waals surface area contributed by atoms with E-state index in [1.54, 1.807) is 19.1 Å². The molecular formula is C25H32FN3O2. The topological polar surface area (TPSA) is 61.4 Å². The SMILES string of the molecule is Cc1ccc(CNC(=O)CNc2cc(C(=O)N3CC(C)CC(C)C3)ccc2C)cc1F.